The SMILES string of the molecule is CCN(Cc1ccccc1)C(=O)CCN1C(=O)/C(=C/c2ccc(C)cc2)SC1=S. The summed E-state index contributed by atoms with van der Waals surface area (Å²) in [5.41, 5.74) is 3.23. The third kappa shape index (κ3) is 5.55. The van der Waals surface area contributed by atoms with Crippen LogP contribution in [0.15, 0.2) is 59.5 Å². The number of carbonyl (C=O) groups is 2. The average molecular weight is 425 g/mol. The standard InChI is InChI=1S/C23H24N2O2S2/c1-3-24(16-19-7-5-4-6-8-19)21(26)13-14-25-22(27)20(29-23(25)28)15-18-11-9-17(2)10-12-18/h4-12,15H,3,13-14,16H2,1-2H3/b20-15-. The molecule has 0 radical (unpaired) electrons. The zero-order valence-corrected chi connectivity index (χ0v) is 18.3. The van der Waals surface area contributed by atoms with Crippen LogP contribution < -0.4 is 0 Å². The predicted molar refractivity (Wildman–Crippen MR) is 123 cm³/mol. The first-order chi connectivity index (χ1) is 14.0. The maximum absolute atomic E-state index is 12.8. The number of hydrogen-bond acceptors (Lipinski definition) is 4. The highest BCUT2D eigenvalue weighted by Gasteiger charge is 2.32. The third-order valence-corrected chi connectivity index (χ3v) is 6.13. The average Bonchev–Trinajstić information content (AvgIpc) is 2.99. The van der Waals surface area contributed by atoms with Gasteiger partial charge in [-0.2, -0.15) is 0 Å². The molecule has 2 aromatic carbocycles. The number of carbonyl (C=O) groups excluding carboxylic acids is 2. The molecule has 0 aliphatic carbocycles. The Labute approximate surface area is 181 Å². The molecule has 29 heavy (non-hydrogen) atoms. The van der Waals surface area contributed by atoms with Gasteiger partial charge in [-0.15, -0.1) is 0 Å². The van der Waals surface area contributed by atoms with E-state index in [9.17, 15) is 9.59 Å². The van der Waals surface area contributed by atoms with E-state index in [2.05, 4.69) is 0 Å². The lowest BCUT2D eigenvalue weighted by molar-refractivity contribution is -0.132. The highest BCUT2D eigenvalue weighted by molar-refractivity contribution is 8.26. The predicted octanol–water partition coefficient (Wildman–Crippen LogP) is 4.64. The quantitative estimate of drug-likeness (QED) is 0.480. The zero-order chi connectivity index (χ0) is 20.8. The molecule has 0 atom stereocenters. The van der Waals surface area contributed by atoms with Crippen molar-refractivity contribution in [2.75, 3.05) is 13.1 Å². The molecule has 1 saturated heterocycles. The normalized spacial score (nSPS) is 15.2. The summed E-state index contributed by atoms with van der Waals surface area (Å²) in [6.45, 7) is 5.49. The van der Waals surface area contributed by atoms with Gasteiger partial charge in [-0.25, -0.2) is 0 Å². The van der Waals surface area contributed by atoms with E-state index in [1.807, 2.05) is 74.5 Å². The van der Waals surface area contributed by atoms with Gasteiger partial charge in [-0.3, -0.25) is 14.5 Å². The molecule has 1 fully saturated rings. The number of benzene rings is 2. The Morgan fingerprint density at radius 2 is 1.83 bits per heavy atom. The molecule has 1 aliphatic rings. The van der Waals surface area contributed by atoms with Gasteiger partial charge < -0.3 is 4.90 Å². The minimum absolute atomic E-state index is 0.0212. The summed E-state index contributed by atoms with van der Waals surface area (Å²) in [5.74, 6) is -0.104. The first kappa shape index (κ1) is 21.3. The fraction of sp³-hybridized carbons (Fsp3) is 0.261. The molecule has 0 spiro atoms. The monoisotopic (exact) mass is 424 g/mol. The number of thioether (sulfide) groups is 1. The lowest BCUT2D eigenvalue weighted by Gasteiger charge is -2.22. The van der Waals surface area contributed by atoms with Crippen molar-refractivity contribution in [3.63, 3.8) is 0 Å². The van der Waals surface area contributed by atoms with E-state index < -0.39 is 0 Å². The van der Waals surface area contributed by atoms with Crippen LogP contribution in [-0.2, 0) is 16.1 Å². The molecular weight excluding hydrogens is 400 g/mol. The lowest BCUT2D eigenvalue weighted by Crippen LogP contribution is -2.35. The van der Waals surface area contributed by atoms with Gasteiger partial charge in [-0.05, 0) is 31.1 Å². The molecule has 1 heterocycles. The first-order valence-corrected chi connectivity index (χ1v) is 10.8. The number of amides is 2. The summed E-state index contributed by atoms with van der Waals surface area (Å²) in [4.78, 5) is 29.4. The fourth-order valence-corrected chi connectivity index (χ4v) is 4.36. The van der Waals surface area contributed by atoms with Crippen LogP contribution in [0.25, 0.3) is 6.08 Å². The second kappa shape index (κ2) is 9.85. The van der Waals surface area contributed by atoms with E-state index in [1.165, 1.54) is 22.2 Å². The Balaban J connectivity index is 1.60. The molecule has 0 N–H and O–H groups in total. The highest BCUT2D eigenvalue weighted by atomic mass is 32.2. The van der Waals surface area contributed by atoms with Crippen molar-refractivity contribution in [2.24, 2.45) is 0 Å². The molecule has 0 unspecified atom stereocenters. The topological polar surface area (TPSA) is 40.6 Å². The molecule has 4 nitrogen and oxygen atoms in total. The molecule has 0 bridgehead atoms. The molecule has 2 amide bonds. The minimum atomic E-state index is -0.125. The first-order valence-electron chi connectivity index (χ1n) is 9.61. The molecular formula is C23H24N2O2S2. The van der Waals surface area contributed by atoms with E-state index in [-0.39, 0.29) is 18.2 Å². The van der Waals surface area contributed by atoms with Crippen molar-refractivity contribution in [2.45, 2.75) is 26.8 Å². The lowest BCUT2D eigenvalue weighted by atomic mass is 10.1. The van der Waals surface area contributed by atoms with Crippen LogP contribution in [0, 0.1) is 6.92 Å². The zero-order valence-electron chi connectivity index (χ0n) is 16.6. The number of aryl methyl sites for hydroxylation is 1. The maximum Gasteiger partial charge on any atom is 0.266 e. The Morgan fingerprint density at radius 1 is 1.14 bits per heavy atom. The third-order valence-electron chi connectivity index (χ3n) is 4.75. The summed E-state index contributed by atoms with van der Waals surface area (Å²) >= 11 is 6.68. The van der Waals surface area contributed by atoms with Crippen LogP contribution in [0.3, 0.4) is 0 Å². The van der Waals surface area contributed by atoms with Gasteiger partial charge in [0, 0.05) is 26.1 Å². The van der Waals surface area contributed by atoms with Gasteiger partial charge in [0.05, 0.1) is 4.91 Å². The van der Waals surface area contributed by atoms with E-state index >= 15 is 0 Å². The van der Waals surface area contributed by atoms with Crippen LogP contribution in [-0.4, -0.2) is 39.0 Å². The Kier molecular flexibility index (Phi) is 7.23. The summed E-state index contributed by atoms with van der Waals surface area (Å²) in [7, 11) is 0. The molecule has 0 saturated carbocycles. The van der Waals surface area contributed by atoms with Crippen LogP contribution in [0.4, 0.5) is 0 Å². The van der Waals surface area contributed by atoms with Crippen LogP contribution >= 0.6 is 24.0 Å². The number of thiocarbonyl (C=S) groups is 1. The van der Waals surface area contributed by atoms with Crippen molar-refractivity contribution >= 4 is 46.2 Å². The van der Waals surface area contributed by atoms with Gasteiger partial charge in [0.25, 0.3) is 5.91 Å². The number of hydrogen-bond donors (Lipinski definition) is 0. The molecule has 6 heteroatoms. The second-order valence-corrected chi connectivity index (χ2v) is 8.56. The van der Waals surface area contributed by atoms with Crippen molar-refractivity contribution in [1.82, 2.24) is 9.80 Å². The van der Waals surface area contributed by atoms with Crippen molar-refractivity contribution in [3.8, 4) is 0 Å². The molecule has 0 aromatic heterocycles. The summed E-state index contributed by atoms with van der Waals surface area (Å²) < 4.78 is 0.507. The van der Waals surface area contributed by atoms with Crippen molar-refractivity contribution < 1.29 is 9.59 Å². The smallest absolute Gasteiger partial charge is 0.266 e. The van der Waals surface area contributed by atoms with Crippen LogP contribution in [0.5, 0.6) is 0 Å². The van der Waals surface area contributed by atoms with Gasteiger partial charge in [0.15, 0.2) is 0 Å². The van der Waals surface area contributed by atoms with Gasteiger partial charge in [0.1, 0.15) is 4.32 Å². The van der Waals surface area contributed by atoms with E-state index in [1.54, 1.807) is 4.90 Å². The summed E-state index contributed by atoms with van der Waals surface area (Å²) in [6, 6.07) is 17.9. The largest absolute Gasteiger partial charge is 0.339 e. The summed E-state index contributed by atoms with van der Waals surface area (Å²) in [5, 5.41) is 0. The van der Waals surface area contributed by atoms with E-state index in [4.69, 9.17) is 12.2 Å². The van der Waals surface area contributed by atoms with Gasteiger partial charge >= 0.3 is 0 Å². The fourth-order valence-electron chi connectivity index (χ4n) is 3.05. The Bertz CT molecular complexity index is 924. The van der Waals surface area contributed by atoms with E-state index in [0.29, 0.717) is 28.9 Å². The summed E-state index contributed by atoms with van der Waals surface area (Å²) in [6.07, 6.45) is 2.11. The maximum atomic E-state index is 12.8. The van der Waals surface area contributed by atoms with Crippen molar-refractivity contribution in [3.05, 3.63) is 76.2 Å². The number of rotatable bonds is 7. The minimum Gasteiger partial charge on any atom is -0.339 e. The van der Waals surface area contributed by atoms with E-state index in [0.717, 1.165) is 11.1 Å². The van der Waals surface area contributed by atoms with Gasteiger partial charge in [-0.1, -0.05) is 84.1 Å². The Morgan fingerprint density at radius 3 is 2.48 bits per heavy atom. The van der Waals surface area contributed by atoms with Crippen LogP contribution in [0.1, 0.15) is 30.0 Å². The number of nitrogens with zero attached hydrogens (tertiary/aromatic N) is 2. The van der Waals surface area contributed by atoms with Crippen LogP contribution in [0.2, 0.25) is 0 Å². The van der Waals surface area contributed by atoms with Crippen molar-refractivity contribution in [1.29, 1.82) is 0 Å². The Hall–Kier alpha value is -2.44. The molecule has 2 aromatic rings. The second-order valence-electron chi connectivity index (χ2n) is 6.89. The molecule has 3 rings (SSSR count). The molecule has 150 valence electrons. The molecule has 1 aliphatic heterocycles. The highest BCUT2D eigenvalue weighted by Crippen LogP contribution is 2.32. The van der Waals surface area contributed by atoms with Gasteiger partial charge in [0.2, 0.25) is 5.91 Å².